The average Bonchev–Trinajstić information content (AvgIpc) is 3.31. The number of nitrogens with two attached hydrogens (primary N) is 1. The van der Waals surface area contributed by atoms with Gasteiger partial charge < -0.3 is 10.7 Å². The van der Waals surface area contributed by atoms with Crippen molar-refractivity contribution in [2.24, 2.45) is 11.7 Å². The summed E-state index contributed by atoms with van der Waals surface area (Å²) in [6.07, 6.45) is 6.36. The lowest BCUT2D eigenvalue weighted by molar-refractivity contribution is 0.505. The molecule has 146 valence electrons. The second kappa shape index (κ2) is 7.17. The molecule has 1 saturated carbocycles. The number of rotatable bonds is 7. The molecule has 0 aliphatic heterocycles. The normalized spacial score (nSPS) is 23.6. The highest BCUT2D eigenvalue weighted by Crippen LogP contribution is 2.39. The summed E-state index contributed by atoms with van der Waals surface area (Å²) in [6, 6.07) is 1.88. The molecule has 0 bridgehead atoms. The van der Waals surface area contributed by atoms with Crippen LogP contribution in [0.4, 0.5) is 0 Å². The Morgan fingerprint density at radius 1 is 1.33 bits per heavy atom. The smallest absolute Gasteiger partial charge is 0.211 e. The molecule has 10 heteroatoms. The van der Waals surface area contributed by atoms with Crippen molar-refractivity contribution in [3.05, 3.63) is 24.3 Å². The van der Waals surface area contributed by atoms with E-state index in [1.54, 1.807) is 6.20 Å². The van der Waals surface area contributed by atoms with Crippen LogP contribution in [0, 0.1) is 5.92 Å². The molecule has 0 aromatic carbocycles. The Morgan fingerprint density at radius 2 is 2.19 bits per heavy atom. The Hall–Kier alpha value is -2.04. The number of H-pyrrole nitrogens is 1. The molecule has 4 rings (SSSR count). The van der Waals surface area contributed by atoms with Gasteiger partial charge in [0.1, 0.15) is 5.82 Å². The molecule has 0 spiro atoms. The summed E-state index contributed by atoms with van der Waals surface area (Å²) < 4.78 is 29.5. The Bertz CT molecular complexity index is 1040. The fourth-order valence-electron chi connectivity index (χ4n) is 4.09. The fraction of sp³-hybridized carbons (Fsp3) is 0.588. The van der Waals surface area contributed by atoms with Crippen LogP contribution < -0.4 is 10.5 Å². The van der Waals surface area contributed by atoms with Crippen molar-refractivity contribution in [3.8, 4) is 0 Å². The van der Waals surface area contributed by atoms with Crippen LogP contribution in [0.5, 0.6) is 0 Å². The van der Waals surface area contributed by atoms with E-state index in [4.69, 9.17) is 5.73 Å². The largest absolute Gasteiger partial charge is 0.345 e. The molecule has 1 aliphatic carbocycles. The third-order valence-corrected chi connectivity index (χ3v) is 6.91. The van der Waals surface area contributed by atoms with Crippen molar-refractivity contribution in [3.63, 3.8) is 0 Å². The maximum absolute atomic E-state index is 12.3. The first kappa shape index (κ1) is 18.3. The number of sulfonamides is 1. The van der Waals surface area contributed by atoms with Gasteiger partial charge in [-0.2, -0.15) is 0 Å². The summed E-state index contributed by atoms with van der Waals surface area (Å²) in [5.41, 5.74) is 7.88. The van der Waals surface area contributed by atoms with E-state index in [2.05, 4.69) is 31.8 Å². The molecule has 0 amide bonds. The van der Waals surface area contributed by atoms with Gasteiger partial charge in [-0.3, -0.25) is 4.40 Å². The van der Waals surface area contributed by atoms with Crippen LogP contribution in [0.15, 0.2) is 18.5 Å². The first-order chi connectivity index (χ1) is 13.0. The zero-order valence-corrected chi connectivity index (χ0v) is 16.1. The van der Waals surface area contributed by atoms with Gasteiger partial charge in [-0.15, -0.1) is 10.2 Å². The maximum Gasteiger partial charge on any atom is 0.211 e. The lowest BCUT2D eigenvalue weighted by Gasteiger charge is -2.14. The molecule has 3 heterocycles. The summed E-state index contributed by atoms with van der Waals surface area (Å²) >= 11 is 0. The van der Waals surface area contributed by atoms with Gasteiger partial charge in [0.05, 0.1) is 17.5 Å². The number of nitrogens with one attached hydrogen (secondary N) is 2. The maximum atomic E-state index is 12.3. The van der Waals surface area contributed by atoms with Crippen molar-refractivity contribution in [1.29, 1.82) is 0 Å². The van der Waals surface area contributed by atoms with Crippen molar-refractivity contribution in [1.82, 2.24) is 29.3 Å². The summed E-state index contributed by atoms with van der Waals surface area (Å²) in [6.45, 7) is 2.66. The molecular weight excluding hydrogens is 366 g/mol. The van der Waals surface area contributed by atoms with E-state index < -0.39 is 10.0 Å². The van der Waals surface area contributed by atoms with Gasteiger partial charge in [0.2, 0.25) is 10.0 Å². The number of hydrogen-bond donors (Lipinski definition) is 3. The average molecular weight is 392 g/mol. The molecular formula is C17H25N7O2S. The van der Waals surface area contributed by atoms with Gasteiger partial charge in [-0.1, -0.05) is 6.92 Å². The molecule has 1 fully saturated rings. The van der Waals surface area contributed by atoms with Crippen molar-refractivity contribution in [2.75, 3.05) is 12.3 Å². The van der Waals surface area contributed by atoms with Gasteiger partial charge in [0.25, 0.3) is 0 Å². The van der Waals surface area contributed by atoms with Crippen LogP contribution in [0.3, 0.4) is 0 Å². The molecule has 3 atom stereocenters. The minimum absolute atomic E-state index is 0.0798. The minimum atomic E-state index is -3.28. The zero-order chi connectivity index (χ0) is 19.0. The lowest BCUT2D eigenvalue weighted by Crippen LogP contribution is -2.35. The Balaban J connectivity index is 1.56. The Labute approximate surface area is 157 Å². The van der Waals surface area contributed by atoms with E-state index in [0.29, 0.717) is 31.0 Å². The standard InChI is InChI=1S/C17H25N7O2S/c1-11-8-12(23-27(25,26)7-3-2-5-18)9-13(11)17-22-21-15-10-20-16-14(24(15)17)4-6-19-16/h4,6,10-13,19,23H,2-3,5,7-9,18H2,1H3/t11-,12+,13+/m1/s1. The van der Waals surface area contributed by atoms with E-state index in [9.17, 15) is 8.42 Å². The molecule has 4 N–H and O–H groups in total. The highest BCUT2D eigenvalue weighted by Gasteiger charge is 2.37. The van der Waals surface area contributed by atoms with Crippen LogP contribution >= 0.6 is 0 Å². The Kier molecular flexibility index (Phi) is 4.87. The number of aromatic amines is 1. The van der Waals surface area contributed by atoms with Gasteiger partial charge in [-0.05, 0) is 44.2 Å². The van der Waals surface area contributed by atoms with E-state index in [0.717, 1.165) is 29.8 Å². The first-order valence-electron chi connectivity index (χ1n) is 9.35. The number of fused-ring (bicyclic) bond motifs is 3. The third-order valence-electron chi connectivity index (χ3n) is 5.39. The number of unbranched alkanes of at least 4 members (excludes halogenated alkanes) is 1. The molecule has 3 aromatic heterocycles. The number of nitrogens with zero attached hydrogens (tertiary/aromatic N) is 4. The quantitative estimate of drug-likeness (QED) is 0.518. The summed E-state index contributed by atoms with van der Waals surface area (Å²) in [5, 5.41) is 8.68. The van der Waals surface area contributed by atoms with E-state index in [-0.39, 0.29) is 17.7 Å². The topological polar surface area (TPSA) is 131 Å². The highest BCUT2D eigenvalue weighted by molar-refractivity contribution is 7.89. The SMILES string of the molecule is C[C@@H]1C[C@H](NS(=O)(=O)CCCCN)C[C@@H]1c1nnc2cnc3[nH]ccc3n12. The Morgan fingerprint density at radius 3 is 3.00 bits per heavy atom. The predicted octanol–water partition coefficient (Wildman–Crippen LogP) is 1.15. The van der Waals surface area contributed by atoms with Crippen LogP contribution in [-0.4, -0.2) is 51.3 Å². The minimum Gasteiger partial charge on any atom is -0.345 e. The van der Waals surface area contributed by atoms with E-state index in [1.807, 2.05) is 16.7 Å². The summed E-state index contributed by atoms with van der Waals surface area (Å²) in [4.78, 5) is 7.45. The predicted molar refractivity (Wildman–Crippen MR) is 103 cm³/mol. The molecule has 9 nitrogen and oxygen atoms in total. The molecule has 27 heavy (non-hydrogen) atoms. The molecule has 0 saturated heterocycles. The van der Waals surface area contributed by atoms with E-state index in [1.165, 1.54) is 0 Å². The van der Waals surface area contributed by atoms with Gasteiger partial charge in [-0.25, -0.2) is 18.1 Å². The fourth-order valence-corrected chi connectivity index (χ4v) is 5.49. The van der Waals surface area contributed by atoms with Crippen LogP contribution in [0.1, 0.15) is 44.3 Å². The lowest BCUT2D eigenvalue weighted by atomic mass is 9.97. The van der Waals surface area contributed by atoms with Crippen molar-refractivity contribution >= 4 is 26.8 Å². The molecule has 0 radical (unpaired) electrons. The second-order valence-electron chi connectivity index (χ2n) is 7.41. The molecule has 1 aliphatic rings. The summed E-state index contributed by atoms with van der Waals surface area (Å²) in [5.74, 6) is 1.44. The van der Waals surface area contributed by atoms with Crippen LogP contribution in [0.2, 0.25) is 0 Å². The number of hydrogen-bond acceptors (Lipinski definition) is 6. The molecule has 0 unspecified atom stereocenters. The first-order valence-corrected chi connectivity index (χ1v) is 11.0. The highest BCUT2D eigenvalue weighted by atomic mass is 32.2. The summed E-state index contributed by atoms with van der Waals surface area (Å²) in [7, 11) is -3.28. The van der Waals surface area contributed by atoms with Crippen molar-refractivity contribution < 1.29 is 8.42 Å². The second-order valence-corrected chi connectivity index (χ2v) is 9.28. The van der Waals surface area contributed by atoms with Crippen LogP contribution in [0.25, 0.3) is 16.8 Å². The van der Waals surface area contributed by atoms with Crippen LogP contribution in [-0.2, 0) is 10.0 Å². The molecule has 3 aromatic rings. The van der Waals surface area contributed by atoms with Gasteiger partial charge in [0.15, 0.2) is 11.3 Å². The zero-order valence-electron chi connectivity index (χ0n) is 15.3. The van der Waals surface area contributed by atoms with Gasteiger partial charge >= 0.3 is 0 Å². The monoisotopic (exact) mass is 391 g/mol. The van der Waals surface area contributed by atoms with E-state index >= 15 is 0 Å². The third kappa shape index (κ3) is 3.56. The van der Waals surface area contributed by atoms with Gasteiger partial charge in [0, 0.05) is 18.2 Å². The number of aromatic nitrogens is 5. The van der Waals surface area contributed by atoms with Crippen molar-refractivity contribution in [2.45, 2.75) is 44.6 Å².